The first-order valence-electron chi connectivity index (χ1n) is 8.41. The maximum absolute atomic E-state index is 12.5. The van der Waals surface area contributed by atoms with Gasteiger partial charge in [0, 0.05) is 24.0 Å². The molecule has 0 radical (unpaired) electrons. The molecule has 1 saturated heterocycles. The number of halogens is 4. The molecular formula is C17H20ClF3N2O4. The van der Waals surface area contributed by atoms with Crippen molar-refractivity contribution in [3.05, 3.63) is 23.2 Å². The number of hydrogen-bond donors (Lipinski definition) is 1. The molecule has 1 aromatic rings. The normalized spacial score (nSPS) is 15.4. The van der Waals surface area contributed by atoms with Crippen molar-refractivity contribution >= 4 is 29.3 Å². The van der Waals surface area contributed by atoms with Crippen molar-refractivity contribution < 1.29 is 32.2 Å². The maximum atomic E-state index is 12.5. The first kappa shape index (κ1) is 21.1. The molecule has 0 spiro atoms. The Morgan fingerprint density at radius 3 is 2.56 bits per heavy atom. The van der Waals surface area contributed by atoms with Gasteiger partial charge in [-0.3, -0.25) is 4.79 Å². The summed E-state index contributed by atoms with van der Waals surface area (Å²) in [5.74, 6) is -0.864. The lowest BCUT2D eigenvalue weighted by Gasteiger charge is -2.30. The van der Waals surface area contributed by atoms with Crippen molar-refractivity contribution in [1.29, 1.82) is 0 Å². The molecule has 2 rings (SSSR count). The quantitative estimate of drug-likeness (QED) is 0.796. The predicted molar refractivity (Wildman–Crippen MR) is 93.0 cm³/mol. The molecule has 10 heteroatoms. The lowest BCUT2D eigenvalue weighted by Crippen LogP contribution is -2.41. The van der Waals surface area contributed by atoms with Gasteiger partial charge in [-0.1, -0.05) is 11.6 Å². The number of rotatable bonds is 5. The third-order valence-corrected chi connectivity index (χ3v) is 4.22. The molecule has 0 atom stereocenters. The summed E-state index contributed by atoms with van der Waals surface area (Å²) in [6.07, 6.45) is -4.08. The zero-order valence-electron chi connectivity index (χ0n) is 14.6. The molecule has 1 N–H and O–H groups in total. The summed E-state index contributed by atoms with van der Waals surface area (Å²) in [5, 5.41) is 2.83. The number of carbonyl (C=O) groups is 2. The van der Waals surface area contributed by atoms with Crippen molar-refractivity contribution in [3.8, 4) is 5.75 Å². The molecular weight excluding hydrogens is 389 g/mol. The Morgan fingerprint density at radius 2 is 1.96 bits per heavy atom. The van der Waals surface area contributed by atoms with E-state index in [1.165, 1.54) is 23.1 Å². The van der Waals surface area contributed by atoms with Gasteiger partial charge in [0.1, 0.15) is 5.75 Å². The average molecular weight is 409 g/mol. The van der Waals surface area contributed by atoms with E-state index in [-0.39, 0.29) is 34.9 Å². The molecule has 0 aliphatic carbocycles. The number of hydrogen-bond acceptors (Lipinski definition) is 4. The molecule has 150 valence electrons. The topological polar surface area (TPSA) is 67.9 Å². The first-order valence-corrected chi connectivity index (χ1v) is 8.79. The molecule has 1 heterocycles. The van der Waals surface area contributed by atoms with Crippen LogP contribution >= 0.6 is 11.6 Å². The van der Waals surface area contributed by atoms with Crippen LogP contribution in [-0.4, -0.2) is 49.4 Å². The standard InChI is InChI=1S/C17H20ClF3N2O4/c1-2-26-16(25)23-7-5-11(6-8-23)15(24)22-13-9-12(18)3-4-14(13)27-10-17(19,20)21/h3-4,9,11H,2,5-8,10H2,1H3,(H,22,24). The highest BCUT2D eigenvalue weighted by atomic mass is 35.5. The first-order chi connectivity index (χ1) is 12.7. The van der Waals surface area contributed by atoms with Crippen molar-refractivity contribution in [1.82, 2.24) is 4.90 Å². The van der Waals surface area contributed by atoms with Gasteiger partial charge in [0.15, 0.2) is 6.61 Å². The van der Waals surface area contributed by atoms with Crippen molar-refractivity contribution in [2.45, 2.75) is 25.9 Å². The SMILES string of the molecule is CCOC(=O)N1CCC(C(=O)Nc2cc(Cl)ccc2OCC(F)(F)F)CC1. The summed E-state index contributed by atoms with van der Waals surface area (Å²) in [4.78, 5) is 25.7. The third-order valence-electron chi connectivity index (χ3n) is 3.98. The van der Waals surface area contributed by atoms with Gasteiger partial charge in [0.25, 0.3) is 0 Å². The molecule has 27 heavy (non-hydrogen) atoms. The molecule has 1 aliphatic rings. The van der Waals surface area contributed by atoms with Crippen LogP contribution in [0.25, 0.3) is 0 Å². The van der Waals surface area contributed by atoms with Crippen LogP contribution in [0.3, 0.4) is 0 Å². The van der Waals surface area contributed by atoms with Gasteiger partial charge >= 0.3 is 12.3 Å². The second-order valence-corrected chi connectivity index (χ2v) is 6.43. The van der Waals surface area contributed by atoms with Gasteiger partial charge in [-0.2, -0.15) is 13.2 Å². The lowest BCUT2D eigenvalue weighted by atomic mass is 9.96. The fraction of sp³-hybridized carbons (Fsp3) is 0.529. The number of alkyl halides is 3. The van der Waals surface area contributed by atoms with Crippen LogP contribution in [-0.2, 0) is 9.53 Å². The predicted octanol–water partition coefficient (Wildman–Crippen LogP) is 4.09. The monoisotopic (exact) mass is 408 g/mol. The van der Waals surface area contributed by atoms with E-state index in [9.17, 15) is 22.8 Å². The smallest absolute Gasteiger partial charge is 0.422 e. The zero-order valence-corrected chi connectivity index (χ0v) is 15.4. The second kappa shape index (κ2) is 9.16. The Labute approximate surface area is 159 Å². The maximum Gasteiger partial charge on any atom is 0.422 e. The van der Waals surface area contributed by atoms with E-state index in [0.717, 1.165) is 0 Å². The van der Waals surface area contributed by atoms with Crippen LogP contribution < -0.4 is 10.1 Å². The molecule has 1 aliphatic heterocycles. The van der Waals surface area contributed by atoms with E-state index in [2.05, 4.69) is 5.32 Å². The summed E-state index contributed by atoms with van der Waals surface area (Å²) in [7, 11) is 0. The van der Waals surface area contributed by atoms with Gasteiger partial charge in [0.05, 0.1) is 12.3 Å². The molecule has 0 bridgehead atoms. The zero-order chi connectivity index (χ0) is 20.0. The van der Waals surface area contributed by atoms with E-state index in [1.54, 1.807) is 6.92 Å². The lowest BCUT2D eigenvalue weighted by molar-refractivity contribution is -0.153. The summed E-state index contributed by atoms with van der Waals surface area (Å²) in [6.45, 7) is 1.24. The number of piperidine rings is 1. The second-order valence-electron chi connectivity index (χ2n) is 5.99. The Hall–Kier alpha value is -2.16. The van der Waals surface area contributed by atoms with Crippen molar-refractivity contribution in [3.63, 3.8) is 0 Å². The number of anilines is 1. The highest BCUT2D eigenvalue weighted by Crippen LogP contribution is 2.31. The average Bonchev–Trinajstić information content (AvgIpc) is 2.60. The molecule has 0 saturated carbocycles. The van der Waals surface area contributed by atoms with Gasteiger partial charge < -0.3 is 19.7 Å². The molecule has 0 aromatic heterocycles. The fourth-order valence-electron chi connectivity index (χ4n) is 2.66. The van der Waals surface area contributed by atoms with E-state index >= 15 is 0 Å². The van der Waals surface area contributed by atoms with Crippen LogP contribution in [0.2, 0.25) is 5.02 Å². The largest absolute Gasteiger partial charge is 0.482 e. The van der Waals surface area contributed by atoms with Crippen LogP contribution in [0.1, 0.15) is 19.8 Å². The fourth-order valence-corrected chi connectivity index (χ4v) is 2.83. The highest BCUT2D eigenvalue weighted by Gasteiger charge is 2.30. The number of likely N-dealkylation sites (tertiary alicyclic amines) is 1. The van der Waals surface area contributed by atoms with Crippen LogP contribution in [0.15, 0.2) is 18.2 Å². The molecule has 6 nitrogen and oxygen atoms in total. The van der Waals surface area contributed by atoms with Crippen LogP contribution in [0.4, 0.5) is 23.7 Å². The summed E-state index contributed by atoms with van der Waals surface area (Å²) < 4.78 is 46.8. The van der Waals surface area contributed by atoms with E-state index in [1.807, 2.05) is 0 Å². The molecule has 0 unspecified atom stereocenters. The third kappa shape index (κ3) is 6.50. The number of amides is 2. The minimum Gasteiger partial charge on any atom is -0.482 e. The minimum atomic E-state index is -4.50. The van der Waals surface area contributed by atoms with Gasteiger partial charge in [-0.25, -0.2) is 4.79 Å². The Bertz CT molecular complexity index is 677. The molecule has 1 aromatic carbocycles. The van der Waals surface area contributed by atoms with Crippen LogP contribution in [0.5, 0.6) is 5.75 Å². The Morgan fingerprint density at radius 1 is 1.30 bits per heavy atom. The van der Waals surface area contributed by atoms with E-state index < -0.39 is 18.9 Å². The highest BCUT2D eigenvalue weighted by molar-refractivity contribution is 6.31. The van der Waals surface area contributed by atoms with Gasteiger partial charge in [-0.15, -0.1) is 0 Å². The summed E-state index contributed by atoms with van der Waals surface area (Å²) in [6, 6.07) is 3.98. The van der Waals surface area contributed by atoms with Crippen molar-refractivity contribution in [2.24, 2.45) is 5.92 Å². The van der Waals surface area contributed by atoms with E-state index in [0.29, 0.717) is 25.9 Å². The summed E-state index contributed by atoms with van der Waals surface area (Å²) >= 11 is 5.87. The molecule has 2 amide bonds. The number of benzene rings is 1. The number of ether oxygens (including phenoxy) is 2. The molecule has 1 fully saturated rings. The van der Waals surface area contributed by atoms with E-state index in [4.69, 9.17) is 21.1 Å². The summed E-state index contributed by atoms with van der Waals surface area (Å²) in [5.41, 5.74) is 0.0737. The number of nitrogens with zero attached hydrogens (tertiary/aromatic N) is 1. The van der Waals surface area contributed by atoms with Gasteiger partial charge in [-0.05, 0) is 38.0 Å². The Balaban J connectivity index is 1.97. The number of nitrogens with one attached hydrogen (secondary N) is 1. The minimum absolute atomic E-state index is 0.0737. The van der Waals surface area contributed by atoms with Crippen molar-refractivity contribution in [2.75, 3.05) is 31.6 Å². The van der Waals surface area contributed by atoms with Gasteiger partial charge in [0.2, 0.25) is 5.91 Å². The Kier molecular flexibility index (Phi) is 7.18. The van der Waals surface area contributed by atoms with Crippen LogP contribution in [0, 0.1) is 5.92 Å². The number of carbonyl (C=O) groups excluding carboxylic acids is 2.